The Balaban J connectivity index is 0.00000252. The SMILES string of the molecule is COc1ccc(-n2nnnc2C(F)(F)F)cc1CN1C[C@@H]2CN(C(=O)C3CCCCC3)CCN2[C@H](C(c2ccccc2)c2ccccc2)C1.Cl.Cl. The molecule has 0 N–H and O–H groups in total. The first-order valence-electron chi connectivity index (χ1n) is 17.2. The van der Waals surface area contributed by atoms with E-state index >= 15 is 0 Å². The van der Waals surface area contributed by atoms with E-state index in [9.17, 15) is 18.0 Å². The van der Waals surface area contributed by atoms with E-state index in [0.717, 1.165) is 42.5 Å². The van der Waals surface area contributed by atoms with Gasteiger partial charge in [-0.3, -0.25) is 14.6 Å². The van der Waals surface area contributed by atoms with Crippen LogP contribution >= 0.6 is 24.8 Å². The number of fused-ring (bicyclic) bond motifs is 1. The van der Waals surface area contributed by atoms with Gasteiger partial charge in [0, 0.05) is 68.8 Å². The van der Waals surface area contributed by atoms with Crippen LogP contribution in [0, 0.1) is 5.92 Å². The van der Waals surface area contributed by atoms with Crippen LogP contribution in [-0.2, 0) is 17.5 Å². The third-order valence-electron chi connectivity index (χ3n) is 10.5. The van der Waals surface area contributed by atoms with Crippen LogP contribution in [-0.4, -0.2) is 92.7 Å². The summed E-state index contributed by atoms with van der Waals surface area (Å²) in [6, 6.07) is 26.2. The van der Waals surface area contributed by atoms with Crippen molar-refractivity contribution in [3.05, 3.63) is 101 Å². The van der Waals surface area contributed by atoms with Crippen LogP contribution in [0.25, 0.3) is 5.69 Å². The molecule has 1 aliphatic carbocycles. The van der Waals surface area contributed by atoms with Crippen LogP contribution in [0.1, 0.15) is 60.5 Å². The molecule has 3 aromatic carbocycles. The fraction of sp³-hybridized carbons (Fsp3) is 0.459. The third kappa shape index (κ3) is 8.35. The topological polar surface area (TPSA) is 79.6 Å². The van der Waals surface area contributed by atoms with Crippen LogP contribution in [0.4, 0.5) is 13.2 Å². The van der Waals surface area contributed by atoms with Gasteiger partial charge in [-0.05, 0) is 52.6 Å². The molecule has 274 valence electrons. The van der Waals surface area contributed by atoms with Crippen LogP contribution in [0.15, 0.2) is 78.9 Å². The Bertz CT molecular complexity index is 1680. The van der Waals surface area contributed by atoms with Gasteiger partial charge in [-0.2, -0.15) is 17.9 Å². The average molecular weight is 747 g/mol. The number of piperazine rings is 2. The Labute approximate surface area is 308 Å². The highest BCUT2D eigenvalue weighted by atomic mass is 35.5. The number of hydrogen-bond donors (Lipinski definition) is 0. The van der Waals surface area contributed by atoms with Crippen molar-refractivity contribution in [1.29, 1.82) is 0 Å². The zero-order valence-electron chi connectivity index (χ0n) is 28.5. The van der Waals surface area contributed by atoms with Gasteiger partial charge in [-0.15, -0.1) is 29.9 Å². The highest BCUT2D eigenvalue weighted by Gasteiger charge is 2.44. The van der Waals surface area contributed by atoms with Gasteiger partial charge in [0.05, 0.1) is 12.8 Å². The molecule has 14 heteroatoms. The smallest absolute Gasteiger partial charge is 0.453 e. The van der Waals surface area contributed by atoms with Crippen molar-refractivity contribution in [1.82, 2.24) is 34.9 Å². The van der Waals surface area contributed by atoms with Crippen molar-refractivity contribution >= 4 is 30.7 Å². The average Bonchev–Trinajstić information content (AvgIpc) is 3.64. The second kappa shape index (κ2) is 16.8. The lowest BCUT2D eigenvalue weighted by Gasteiger charge is -2.54. The molecule has 0 unspecified atom stereocenters. The van der Waals surface area contributed by atoms with E-state index in [2.05, 4.69) is 78.8 Å². The second-order valence-electron chi connectivity index (χ2n) is 13.5. The molecule has 2 saturated heterocycles. The number of carbonyl (C=O) groups excluding carboxylic acids is 1. The zero-order valence-corrected chi connectivity index (χ0v) is 30.1. The number of ether oxygens (including phenoxy) is 1. The van der Waals surface area contributed by atoms with E-state index in [1.54, 1.807) is 19.2 Å². The molecule has 2 atom stereocenters. The maximum atomic E-state index is 13.8. The number of carbonyl (C=O) groups is 1. The van der Waals surface area contributed by atoms with Gasteiger partial charge in [0.15, 0.2) is 0 Å². The van der Waals surface area contributed by atoms with E-state index in [1.807, 2.05) is 12.1 Å². The number of alkyl halides is 3. The molecule has 9 nitrogen and oxygen atoms in total. The fourth-order valence-electron chi connectivity index (χ4n) is 8.20. The predicted molar refractivity (Wildman–Crippen MR) is 193 cm³/mol. The Morgan fingerprint density at radius 2 is 1.55 bits per heavy atom. The van der Waals surface area contributed by atoms with Gasteiger partial charge >= 0.3 is 6.18 Å². The van der Waals surface area contributed by atoms with E-state index in [4.69, 9.17) is 4.74 Å². The van der Waals surface area contributed by atoms with Gasteiger partial charge < -0.3 is 9.64 Å². The molecule has 7 rings (SSSR count). The fourth-order valence-corrected chi connectivity index (χ4v) is 8.20. The van der Waals surface area contributed by atoms with E-state index in [1.165, 1.54) is 23.6 Å². The highest BCUT2D eigenvalue weighted by Crippen LogP contribution is 2.38. The monoisotopic (exact) mass is 745 g/mol. The summed E-state index contributed by atoms with van der Waals surface area (Å²) >= 11 is 0. The number of tetrazole rings is 1. The molecule has 51 heavy (non-hydrogen) atoms. The zero-order chi connectivity index (χ0) is 34.0. The lowest BCUT2D eigenvalue weighted by atomic mass is 9.81. The summed E-state index contributed by atoms with van der Waals surface area (Å²) in [5.74, 6) is -0.151. The molecular formula is C37H44Cl2F3N7O2. The molecule has 0 spiro atoms. The van der Waals surface area contributed by atoms with Crippen LogP contribution in [0.2, 0.25) is 0 Å². The first-order valence-corrected chi connectivity index (χ1v) is 17.2. The summed E-state index contributed by atoms with van der Waals surface area (Å²) in [4.78, 5) is 20.8. The van der Waals surface area contributed by atoms with Crippen molar-refractivity contribution < 1.29 is 22.7 Å². The minimum atomic E-state index is -4.71. The quantitative estimate of drug-likeness (QED) is 0.200. The molecular weight excluding hydrogens is 702 g/mol. The van der Waals surface area contributed by atoms with Crippen molar-refractivity contribution in [3.8, 4) is 11.4 Å². The van der Waals surface area contributed by atoms with Crippen molar-refractivity contribution in [2.24, 2.45) is 5.92 Å². The second-order valence-corrected chi connectivity index (χ2v) is 13.5. The number of nitrogens with zero attached hydrogens (tertiary/aromatic N) is 7. The standard InChI is InChI=1S/C37H42F3N7O2.2ClH/c1-49-33-18-17-30(47-36(37(38,39)40)41-42-43-47)21-29(33)22-44-23-31-24-45(35(48)28-15-9-4-10-16-28)19-20-46(31)32(25-44)34(26-11-5-2-6-12-26)27-13-7-3-8-14-27;;/h2-3,5-8,11-14,17-18,21,28,31-32,34H,4,9-10,15-16,19-20,22-25H2,1H3;2*1H/t31-,32+;;/m1../s1. The first-order chi connectivity index (χ1) is 23.8. The van der Waals surface area contributed by atoms with Crippen molar-refractivity contribution in [2.45, 2.75) is 62.8 Å². The Morgan fingerprint density at radius 1 is 0.882 bits per heavy atom. The minimum Gasteiger partial charge on any atom is -0.496 e. The number of halogens is 5. The highest BCUT2D eigenvalue weighted by molar-refractivity contribution is 5.85. The summed E-state index contributed by atoms with van der Waals surface area (Å²) in [6.45, 7) is 4.00. The lowest BCUT2D eigenvalue weighted by Crippen LogP contribution is -2.67. The normalized spacial score (nSPS) is 20.3. The summed E-state index contributed by atoms with van der Waals surface area (Å²) in [6.07, 6.45) is 0.654. The summed E-state index contributed by atoms with van der Waals surface area (Å²) in [5.41, 5.74) is 3.38. The number of benzene rings is 3. The van der Waals surface area contributed by atoms with Gasteiger partial charge in [-0.1, -0.05) is 79.9 Å². The molecule has 0 radical (unpaired) electrons. The summed E-state index contributed by atoms with van der Waals surface area (Å²) < 4.78 is 47.6. The van der Waals surface area contributed by atoms with Crippen LogP contribution in [0.5, 0.6) is 5.75 Å². The summed E-state index contributed by atoms with van der Waals surface area (Å²) in [7, 11) is 1.56. The molecule has 1 aromatic heterocycles. The number of rotatable bonds is 8. The molecule has 1 amide bonds. The molecule has 1 saturated carbocycles. The molecule has 3 fully saturated rings. The van der Waals surface area contributed by atoms with Gasteiger partial charge in [0.25, 0.3) is 5.82 Å². The predicted octanol–water partition coefficient (Wildman–Crippen LogP) is 6.64. The minimum absolute atomic E-state index is 0. The lowest BCUT2D eigenvalue weighted by molar-refractivity contribution is -0.146. The number of aromatic nitrogens is 4. The Morgan fingerprint density at radius 3 is 2.18 bits per heavy atom. The van der Waals surface area contributed by atoms with Crippen molar-refractivity contribution in [3.63, 3.8) is 0 Å². The summed E-state index contributed by atoms with van der Waals surface area (Å²) in [5, 5.41) is 10.2. The van der Waals surface area contributed by atoms with Gasteiger partial charge in [0.2, 0.25) is 5.91 Å². The number of amides is 1. The largest absolute Gasteiger partial charge is 0.496 e. The molecule has 2 aliphatic heterocycles. The van der Waals surface area contributed by atoms with Crippen molar-refractivity contribution in [2.75, 3.05) is 39.8 Å². The maximum Gasteiger partial charge on any atom is 0.453 e. The van der Waals surface area contributed by atoms with E-state index in [0.29, 0.717) is 38.5 Å². The Hall–Kier alpha value is -3.71. The third-order valence-corrected chi connectivity index (χ3v) is 10.5. The molecule has 4 aromatic rings. The molecule has 3 aliphatic rings. The van der Waals surface area contributed by atoms with Gasteiger partial charge in [-0.25, -0.2) is 0 Å². The number of methoxy groups -OCH3 is 1. The van der Waals surface area contributed by atoms with E-state index in [-0.39, 0.29) is 60.3 Å². The molecule has 0 bridgehead atoms. The first kappa shape index (κ1) is 38.5. The van der Waals surface area contributed by atoms with Crippen LogP contribution < -0.4 is 4.74 Å². The Kier molecular flexibility index (Phi) is 12.7. The van der Waals surface area contributed by atoms with Gasteiger partial charge in [0.1, 0.15) is 5.75 Å². The maximum absolute atomic E-state index is 13.8. The number of hydrogen-bond acceptors (Lipinski definition) is 7. The van der Waals surface area contributed by atoms with Crippen LogP contribution in [0.3, 0.4) is 0 Å². The van der Waals surface area contributed by atoms with E-state index < -0.39 is 12.0 Å². The molecule has 3 heterocycles.